The van der Waals surface area contributed by atoms with Gasteiger partial charge >= 0.3 is 0 Å². The molecule has 0 aliphatic carbocycles. The predicted octanol–water partition coefficient (Wildman–Crippen LogP) is 1.74. The van der Waals surface area contributed by atoms with Gasteiger partial charge in [-0.15, -0.1) is 0 Å². The molecule has 1 aromatic rings. The lowest BCUT2D eigenvalue weighted by atomic mass is 10.1. The zero-order valence-corrected chi connectivity index (χ0v) is 11.1. The highest BCUT2D eigenvalue weighted by atomic mass is 16.5. The molecule has 0 aromatic heterocycles. The van der Waals surface area contributed by atoms with Gasteiger partial charge in [-0.1, -0.05) is 18.2 Å². The molecule has 4 nitrogen and oxygen atoms in total. The molecular formula is C15H19NO3. The number of aliphatic hydroxyl groups excluding tert-OH is 1. The number of para-hydroxylation sites is 1. The van der Waals surface area contributed by atoms with Gasteiger partial charge in [0.25, 0.3) is 5.91 Å². The molecule has 1 unspecified atom stereocenters. The zero-order valence-electron chi connectivity index (χ0n) is 11.1. The van der Waals surface area contributed by atoms with Crippen LogP contribution in [0.5, 0.6) is 5.75 Å². The number of aliphatic hydroxyl groups is 1. The second-order valence-corrected chi connectivity index (χ2v) is 4.74. The molecule has 0 radical (unpaired) electrons. The van der Waals surface area contributed by atoms with Crippen LogP contribution in [0.25, 0.3) is 6.08 Å². The molecule has 0 spiro atoms. The molecule has 1 aliphatic rings. The Kier molecular flexibility index (Phi) is 4.58. The van der Waals surface area contributed by atoms with Gasteiger partial charge in [0, 0.05) is 18.2 Å². The van der Waals surface area contributed by atoms with Crippen LogP contribution in [0.1, 0.15) is 25.3 Å². The summed E-state index contributed by atoms with van der Waals surface area (Å²) >= 11 is 0. The van der Waals surface area contributed by atoms with E-state index in [1.54, 1.807) is 0 Å². The first-order valence-corrected chi connectivity index (χ1v) is 6.55. The first kappa shape index (κ1) is 13.6. The van der Waals surface area contributed by atoms with Gasteiger partial charge in [0.1, 0.15) is 12.4 Å². The Labute approximate surface area is 113 Å². The van der Waals surface area contributed by atoms with Crippen LogP contribution in [0.3, 0.4) is 0 Å². The van der Waals surface area contributed by atoms with Gasteiger partial charge in [-0.05, 0) is 31.9 Å². The fraction of sp³-hybridized carbons (Fsp3) is 0.400. The van der Waals surface area contributed by atoms with E-state index in [1.165, 1.54) is 0 Å². The number of carbonyl (C=O) groups is 1. The van der Waals surface area contributed by atoms with Crippen molar-refractivity contribution < 1.29 is 14.6 Å². The van der Waals surface area contributed by atoms with E-state index in [9.17, 15) is 4.79 Å². The maximum absolute atomic E-state index is 12.1. The number of benzene rings is 1. The molecule has 2 N–H and O–H groups in total. The Bertz CT molecular complexity index is 482. The van der Waals surface area contributed by atoms with E-state index in [2.05, 4.69) is 5.32 Å². The molecule has 19 heavy (non-hydrogen) atoms. The van der Waals surface area contributed by atoms with E-state index in [0.717, 1.165) is 17.7 Å². The third-order valence-corrected chi connectivity index (χ3v) is 3.10. The fourth-order valence-corrected chi connectivity index (χ4v) is 2.03. The molecule has 1 aromatic carbocycles. The Morgan fingerprint density at radius 2 is 2.26 bits per heavy atom. The van der Waals surface area contributed by atoms with E-state index < -0.39 is 0 Å². The molecule has 1 aliphatic heterocycles. The smallest absolute Gasteiger partial charge is 0.250 e. The van der Waals surface area contributed by atoms with Gasteiger partial charge in [-0.3, -0.25) is 4.79 Å². The first-order chi connectivity index (χ1) is 9.20. The minimum atomic E-state index is -0.0973. The van der Waals surface area contributed by atoms with E-state index in [1.807, 2.05) is 37.3 Å². The van der Waals surface area contributed by atoms with Gasteiger partial charge in [0.2, 0.25) is 0 Å². The Morgan fingerprint density at radius 3 is 3.05 bits per heavy atom. The largest absolute Gasteiger partial charge is 0.488 e. The minimum absolute atomic E-state index is 0.0534. The van der Waals surface area contributed by atoms with Crippen molar-refractivity contribution >= 4 is 12.0 Å². The highest BCUT2D eigenvalue weighted by molar-refractivity contribution is 5.99. The average molecular weight is 261 g/mol. The number of fused-ring (bicyclic) bond motifs is 1. The third-order valence-electron chi connectivity index (χ3n) is 3.10. The summed E-state index contributed by atoms with van der Waals surface area (Å²) in [6.07, 6.45) is 3.33. The van der Waals surface area contributed by atoms with E-state index in [0.29, 0.717) is 18.6 Å². The maximum Gasteiger partial charge on any atom is 0.250 e. The monoisotopic (exact) mass is 261 g/mol. The fourth-order valence-electron chi connectivity index (χ4n) is 2.03. The topological polar surface area (TPSA) is 58.6 Å². The lowest BCUT2D eigenvalue weighted by Crippen LogP contribution is -2.35. The van der Waals surface area contributed by atoms with Crippen LogP contribution in [0.2, 0.25) is 0 Å². The van der Waals surface area contributed by atoms with Crippen molar-refractivity contribution in [2.45, 2.75) is 25.8 Å². The van der Waals surface area contributed by atoms with Crippen LogP contribution < -0.4 is 10.1 Å². The van der Waals surface area contributed by atoms with Crippen LogP contribution in [0.15, 0.2) is 29.8 Å². The van der Waals surface area contributed by atoms with Crippen molar-refractivity contribution in [2.24, 2.45) is 0 Å². The molecule has 0 bridgehead atoms. The summed E-state index contributed by atoms with van der Waals surface area (Å²) in [5.74, 6) is 0.715. The minimum Gasteiger partial charge on any atom is -0.488 e. The summed E-state index contributed by atoms with van der Waals surface area (Å²) in [7, 11) is 0. The molecule has 1 heterocycles. The molecule has 1 amide bonds. The van der Waals surface area contributed by atoms with Crippen LogP contribution in [0, 0.1) is 0 Å². The van der Waals surface area contributed by atoms with Crippen molar-refractivity contribution in [3.8, 4) is 5.75 Å². The molecule has 0 fully saturated rings. The zero-order chi connectivity index (χ0) is 13.7. The summed E-state index contributed by atoms with van der Waals surface area (Å²) in [6, 6.07) is 7.71. The van der Waals surface area contributed by atoms with E-state index in [-0.39, 0.29) is 18.6 Å². The highest BCUT2D eigenvalue weighted by Crippen LogP contribution is 2.25. The number of amides is 1. The van der Waals surface area contributed by atoms with Crippen LogP contribution in [-0.4, -0.2) is 30.3 Å². The molecule has 1 atom stereocenters. The predicted molar refractivity (Wildman–Crippen MR) is 73.8 cm³/mol. The van der Waals surface area contributed by atoms with Crippen LogP contribution in [0.4, 0.5) is 0 Å². The summed E-state index contributed by atoms with van der Waals surface area (Å²) in [6.45, 7) is 2.39. The van der Waals surface area contributed by atoms with Crippen molar-refractivity contribution in [1.29, 1.82) is 0 Å². The van der Waals surface area contributed by atoms with Crippen molar-refractivity contribution in [3.05, 3.63) is 35.4 Å². The normalized spacial score (nSPS) is 14.9. The van der Waals surface area contributed by atoms with Crippen molar-refractivity contribution in [1.82, 2.24) is 5.32 Å². The Hall–Kier alpha value is -1.81. The number of hydrogen-bond acceptors (Lipinski definition) is 3. The molecule has 102 valence electrons. The van der Waals surface area contributed by atoms with E-state index in [4.69, 9.17) is 9.84 Å². The van der Waals surface area contributed by atoms with Crippen molar-refractivity contribution in [2.75, 3.05) is 13.2 Å². The summed E-state index contributed by atoms with van der Waals surface area (Å²) in [5.41, 5.74) is 1.57. The van der Waals surface area contributed by atoms with Crippen LogP contribution in [-0.2, 0) is 4.79 Å². The molecule has 2 rings (SSSR count). The van der Waals surface area contributed by atoms with Gasteiger partial charge < -0.3 is 15.2 Å². The number of carbonyl (C=O) groups excluding carboxylic acids is 1. The van der Waals surface area contributed by atoms with Crippen LogP contribution >= 0.6 is 0 Å². The van der Waals surface area contributed by atoms with E-state index >= 15 is 0 Å². The highest BCUT2D eigenvalue weighted by Gasteiger charge is 2.17. The number of hydrogen-bond donors (Lipinski definition) is 2. The van der Waals surface area contributed by atoms with Gasteiger partial charge in [-0.2, -0.15) is 0 Å². The average Bonchev–Trinajstić information content (AvgIpc) is 2.44. The second kappa shape index (κ2) is 6.38. The lowest BCUT2D eigenvalue weighted by molar-refractivity contribution is -0.118. The first-order valence-electron chi connectivity index (χ1n) is 6.55. The van der Waals surface area contributed by atoms with Gasteiger partial charge in [0.05, 0.1) is 5.57 Å². The molecule has 4 heteroatoms. The summed E-state index contributed by atoms with van der Waals surface area (Å²) in [5, 5.41) is 11.7. The molecular weight excluding hydrogens is 242 g/mol. The Morgan fingerprint density at radius 1 is 1.47 bits per heavy atom. The molecule has 0 saturated carbocycles. The lowest BCUT2D eigenvalue weighted by Gasteiger charge is -2.19. The third kappa shape index (κ3) is 3.58. The second-order valence-electron chi connectivity index (χ2n) is 4.74. The molecule has 0 saturated heterocycles. The van der Waals surface area contributed by atoms with Gasteiger partial charge in [-0.25, -0.2) is 0 Å². The quantitative estimate of drug-likeness (QED) is 0.848. The van der Waals surface area contributed by atoms with Crippen molar-refractivity contribution in [3.63, 3.8) is 0 Å². The SMILES string of the molecule is CC(CCCO)NC(=O)C1=Cc2ccccc2OC1. The summed E-state index contributed by atoms with van der Waals surface area (Å²) < 4.78 is 5.55. The number of ether oxygens (including phenoxy) is 1. The standard InChI is InChI=1S/C15H19NO3/c1-11(5-4-8-17)16-15(18)13-9-12-6-2-3-7-14(12)19-10-13/h2-3,6-7,9,11,17H,4-5,8,10H2,1H3,(H,16,18). The maximum atomic E-state index is 12.1. The Balaban J connectivity index is 1.99. The van der Waals surface area contributed by atoms with Gasteiger partial charge in [0.15, 0.2) is 0 Å². The number of rotatable bonds is 5. The number of nitrogens with one attached hydrogen (secondary N) is 1. The summed E-state index contributed by atoms with van der Waals surface area (Å²) in [4.78, 5) is 12.1.